The number of ether oxygens (including phenoxy) is 1. The Morgan fingerprint density at radius 3 is 2.32 bits per heavy atom. The van der Waals surface area contributed by atoms with Crippen molar-refractivity contribution in [2.24, 2.45) is 0 Å². The van der Waals surface area contributed by atoms with Gasteiger partial charge in [0.05, 0.1) is 7.11 Å². The van der Waals surface area contributed by atoms with Crippen LogP contribution in [0.1, 0.15) is 25.8 Å². The van der Waals surface area contributed by atoms with Crippen molar-refractivity contribution in [3.8, 4) is 0 Å². The molecule has 4 heteroatoms. The number of nitrogens with zero attached hydrogens (tertiary/aromatic N) is 1. The fraction of sp³-hybridized carbons (Fsp3) is 0.467. The number of methoxy groups -OCH3 is 1. The highest BCUT2D eigenvalue weighted by Crippen LogP contribution is 2.19. The zero-order valence-electron chi connectivity index (χ0n) is 12.0. The molecule has 0 aliphatic heterocycles. The second-order valence-corrected chi connectivity index (χ2v) is 5.18. The smallest absolute Gasteiger partial charge is 0.315 e. The topological polar surface area (TPSA) is 46.6 Å². The summed E-state index contributed by atoms with van der Waals surface area (Å²) in [7, 11) is 3.00. The van der Waals surface area contributed by atoms with E-state index in [1.807, 2.05) is 44.2 Å². The van der Waals surface area contributed by atoms with Crippen molar-refractivity contribution >= 4 is 11.9 Å². The highest BCUT2D eigenvalue weighted by atomic mass is 16.5. The van der Waals surface area contributed by atoms with Gasteiger partial charge in [-0.1, -0.05) is 30.3 Å². The summed E-state index contributed by atoms with van der Waals surface area (Å²) in [6.07, 6.45) is 0.516. The van der Waals surface area contributed by atoms with Crippen LogP contribution in [-0.2, 0) is 20.7 Å². The molecule has 1 rings (SSSR count). The Labute approximate surface area is 114 Å². The Morgan fingerprint density at radius 2 is 1.79 bits per heavy atom. The Balaban J connectivity index is 2.70. The summed E-state index contributed by atoms with van der Waals surface area (Å²) in [4.78, 5) is 24.7. The van der Waals surface area contributed by atoms with Gasteiger partial charge in [0, 0.05) is 12.6 Å². The minimum Gasteiger partial charge on any atom is -0.469 e. The van der Waals surface area contributed by atoms with Gasteiger partial charge in [-0.3, -0.25) is 9.59 Å². The van der Waals surface area contributed by atoms with Gasteiger partial charge in [0.2, 0.25) is 5.91 Å². The summed E-state index contributed by atoms with van der Waals surface area (Å²) in [5.41, 5.74) is 0.803. The summed E-state index contributed by atoms with van der Waals surface area (Å²) < 4.78 is 4.52. The lowest BCUT2D eigenvalue weighted by Crippen LogP contribution is -2.47. The Kier molecular flexibility index (Phi) is 5.10. The lowest BCUT2D eigenvalue weighted by Gasteiger charge is -2.35. The van der Waals surface area contributed by atoms with E-state index in [4.69, 9.17) is 0 Å². The van der Waals surface area contributed by atoms with Crippen LogP contribution in [0.25, 0.3) is 0 Å². The molecule has 0 aromatic heterocycles. The maximum atomic E-state index is 12.0. The first-order valence-corrected chi connectivity index (χ1v) is 6.24. The SMILES string of the molecule is COC(=O)CC(=O)N(C)C(C)(C)Cc1ccccc1. The van der Waals surface area contributed by atoms with Gasteiger partial charge in [-0.15, -0.1) is 0 Å². The first-order valence-electron chi connectivity index (χ1n) is 6.24. The number of carbonyl (C=O) groups excluding carboxylic acids is 2. The zero-order chi connectivity index (χ0) is 14.5. The van der Waals surface area contributed by atoms with Crippen LogP contribution in [0, 0.1) is 0 Å². The van der Waals surface area contributed by atoms with E-state index in [-0.39, 0.29) is 17.9 Å². The lowest BCUT2D eigenvalue weighted by molar-refractivity contribution is -0.148. The molecule has 0 heterocycles. The summed E-state index contributed by atoms with van der Waals surface area (Å²) in [6, 6.07) is 9.97. The summed E-state index contributed by atoms with van der Waals surface area (Å²) in [6.45, 7) is 3.96. The average Bonchev–Trinajstić information content (AvgIpc) is 2.38. The van der Waals surface area contributed by atoms with Crippen LogP contribution in [0.15, 0.2) is 30.3 Å². The predicted molar refractivity (Wildman–Crippen MR) is 73.6 cm³/mol. The van der Waals surface area contributed by atoms with Crippen molar-refractivity contribution in [2.75, 3.05) is 14.2 Å². The van der Waals surface area contributed by atoms with Crippen LogP contribution < -0.4 is 0 Å². The number of amides is 1. The van der Waals surface area contributed by atoms with Gasteiger partial charge in [-0.25, -0.2) is 0 Å². The number of likely N-dealkylation sites (N-methyl/N-ethyl adjacent to an activating group) is 1. The molecular weight excluding hydrogens is 242 g/mol. The van der Waals surface area contributed by atoms with Crippen molar-refractivity contribution in [2.45, 2.75) is 32.2 Å². The van der Waals surface area contributed by atoms with Gasteiger partial charge in [-0.05, 0) is 25.8 Å². The fourth-order valence-corrected chi connectivity index (χ4v) is 1.87. The molecule has 0 fully saturated rings. The van der Waals surface area contributed by atoms with Crippen LogP contribution in [0.4, 0.5) is 0 Å². The number of carbonyl (C=O) groups is 2. The first-order chi connectivity index (χ1) is 8.86. The van der Waals surface area contributed by atoms with Crippen molar-refractivity contribution in [1.82, 2.24) is 4.90 Å². The number of esters is 1. The maximum absolute atomic E-state index is 12.0. The minimum absolute atomic E-state index is 0.217. The Hall–Kier alpha value is -1.84. The van der Waals surface area contributed by atoms with E-state index in [2.05, 4.69) is 4.74 Å². The monoisotopic (exact) mass is 263 g/mol. The fourth-order valence-electron chi connectivity index (χ4n) is 1.87. The molecule has 0 bridgehead atoms. The molecule has 104 valence electrons. The quantitative estimate of drug-likeness (QED) is 0.603. The minimum atomic E-state index is -0.507. The molecular formula is C15H21NO3. The molecule has 0 spiro atoms. The molecule has 1 aromatic rings. The van der Waals surface area contributed by atoms with Crippen LogP contribution in [-0.4, -0.2) is 36.5 Å². The number of benzene rings is 1. The molecule has 0 aliphatic carbocycles. The van der Waals surface area contributed by atoms with Gasteiger partial charge in [0.25, 0.3) is 0 Å². The third-order valence-electron chi connectivity index (χ3n) is 3.28. The third kappa shape index (κ3) is 4.39. The van der Waals surface area contributed by atoms with Gasteiger partial charge >= 0.3 is 5.97 Å². The molecule has 0 radical (unpaired) electrons. The van der Waals surface area contributed by atoms with Crippen LogP contribution in [0.2, 0.25) is 0 Å². The molecule has 4 nitrogen and oxygen atoms in total. The van der Waals surface area contributed by atoms with Crippen LogP contribution in [0.3, 0.4) is 0 Å². The first kappa shape index (κ1) is 15.2. The van der Waals surface area contributed by atoms with Gasteiger partial charge in [-0.2, -0.15) is 0 Å². The molecule has 0 aliphatic rings. The van der Waals surface area contributed by atoms with Gasteiger partial charge in [0.1, 0.15) is 6.42 Å². The second kappa shape index (κ2) is 6.36. The Bertz CT molecular complexity index is 440. The van der Waals surface area contributed by atoms with Crippen molar-refractivity contribution < 1.29 is 14.3 Å². The molecule has 1 amide bonds. The molecule has 19 heavy (non-hydrogen) atoms. The van der Waals surface area contributed by atoms with E-state index in [1.165, 1.54) is 7.11 Å². The highest BCUT2D eigenvalue weighted by Gasteiger charge is 2.28. The van der Waals surface area contributed by atoms with Crippen molar-refractivity contribution in [3.63, 3.8) is 0 Å². The summed E-state index contributed by atoms with van der Waals surface area (Å²) in [5, 5.41) is 0. The van der Waals surface area contributed by atoms with E-state index in [1.54, 1.807) is 11.9 Å². The Morgan fingerprint density at radius 1 is 1.21 bits per heavy atom. The number of hydrogen-bond donors (Lipinski definition) is 0. The van der Waals surface area contributed by atoms with E-state index in [0.29, 0.717) is 0 Å². The standard InChI is InChI=1S/C15H21NO3/c1-15(2,11-12-8-6-5-7-9-12)16(3)13(17)10-14(18)19-4/h5-9H,10-11H2,1-4H3. The van der Waals surface area contributed by atoms with E-state index < -0.39 is 5.97 Å². The predicted octanol–water partition coefficient (Wildman–Crippen LogP) is 2.03. The van der Waals surface area contributed by atoms with Crippen LogP contribution in [0.5, 0.6) is 0 Å². The average molecular weight is 263 g/mol. The zero-order valence-corrected chi connectivity index (χ0v) is 12.0. The normalized spacial score (nSPS) is 10.9. The van der Waals surface area contributed by atoms with Gasteiger partial charge < -0.3 is 9.64 Å². The molecule has 1 aromatic carbocycles. The summed E-state index contributed by atoms with van der Waals surface area (Å²) >= 11 is 0. The highest BCUT2D eigenvalue weighted by molar-refractivity contribution is 5.94. The van der Waals surface area contributed by atoms with Crippen molar-refractivity contribution in [3.05, 3.63) is 35.9 Å². The summed E-state index contributed by atoms with van der Waals surface area (Å²) in [5.74, 6) is -0.736. The van der Waals surface area contributed by atoms with E-state index >= 15 is 0 Å². The largest absolute Gasteiger partial charge is 0.469 e. The number of rotatable bonds is 5. The number of hydrogen-bond acceptors (Lipinski definition) is 3. The van der Waals surface area contributed by atoms with Gasteiger partial charge in [0.15, 0.2) is 0 Å². The maximum Gasteiger partial charge on any atom is 0.315 e. The van der Waals surface area contributed by atoms with Crippen LogP contribution >= 0.6 is 0 Å². The van der Waals surface area contributed by atoms with E-state index in [9.17, 15) is 9.59 Å². The molecule has 0 saturated carbocycles. The lowest BCUT2D eigenvalue weighted by atomic mass is 9.93. The molecule has 0 N–H and O–H groups in total. The molecule has 0 unspecified atom stereocenters. The second-order valence-electron chi connectivity index (χ2n) is 5.18. The van der Waals surface area contributed by atoms with E-state index in [0.717, 1.165) is 12.0 Å². The van der Waals surface area contributed by atoms with Crippen molar-refractivity contribution in [1.29, 1.82) is 0 Å². The molecule has 0 saturated heterocycles. The molecule has 0 atom stereocenters. The third-order valence-corrected chi connectivity index (χ3v) is 3.28.